The third kappa shape index (κ3) is 17.7. The van der Waals surface area contributed by atoms with Gasteiger partial charge in [-0.05, 0) is 0 Å². The molecule has 5 heavy (non-hydrogen) atoms. The number of rotatable bonds is 0. The molecular weight excluding hydrogens is 116 g/mol. The molecule has 0 atom stereocenters. The summed E-state index contributed by atoms with van der Waals surface area (Å²) < 4.78 is 0. The maximum atomic E-state index is 0. The van der Waals surface area contributed by atoms with Gasteiger partial charge in [0.05, 0.1) is 0 Å². The Hall–Kier alpha value is 4.77. The van der Waals surface area contributed by atoms with Crippen molar-refractivity contribution in [3.8, 4) is 0 Å². The van der Waals surface area contributed by atoms with Crippen LogP contribution in [-0.4, -0.2) is 141 Å². The van der Waals surface area contributed by atoms with Crippen molar-refractivity contribution in [3.05, 3.63) is 0 Å². The van der Waals surface area contributed by atoms with E-state index in [1.54, 1.807) is 0 Å². The summed E-state index contributed by atoms with van der Waals surface area (Å²) in [4.78, 5) is 0. The predicted molar refractivity (Wildman–Crippen MR) is 37.1 cm³/mol. The summed E-state index contributed by atoms with van der Waals surface area (Å²) in [6.45, 7) is 0. The van der Waals surface area contributed by atoms with Crippen molar-refractivity contribution in [2.45, 2.75) is 0 Å². The Morgan fingerprint density at radius 3 is 0.400 bits per heavy atom. The first-order valence-corrected chi connectivity index (χ1v) is 0. The molecule has 0 radical (unpaired) electrons. The van der Waals surface area contributed by atoms with Crippen LogP contribution in [0.5, 0.6) is 0 Å². The van der Waals surface area contributed by atoms with Crippen LogP contribution in [0.15, 0.2) is 0 Å². The minimum atomic E-state index is 0. The molecule has 0 heterocycles. The van der Waals surface area contributed by atoms with Crippen molar-refractivity contribution in [3.63, 3.8) is 0 Å². The SMILES string of the molecule is [MgH2].[NaH].[NaH].[NaH].[NaH]. The van der Waals surface area contributed by atoms with Crippen LogP contribution in [-0.2, 0) is 0 Å². The molecule has 0 fully saturated rings. The van der Waals surface area contributed by atoms with Gasteiger partial charge in [0, 0.05) is 0 Å². The van der Waals surface area contributed by atoms with Gasteiger partial charge in [0.15, 0.2) is 0 Å². The summed E-state index contributed by atoms with van der Waals surface area (Å²) in [5.74, 6) is 0. The van der Waals surface area contributed by atoms with E-state index < -0.39 is 0 Å². The Morgan fingerprint density at radius 1 is 0.400 bits per heavy atom. The molecule has 0 amide bonds. The van der Waals surface area contributed by atoms with Gasteiger partial charge >= 0.3 is 141 Å². The fraction of sp³-hybridized carbons (Fsp3) is 0. The van der Waals surface area contributed by atoms with Crippen LogP contribution in [0.2, 0.25) is 0 Å². The average Bonchev–Trinajstić information content (AvgIpc) is 0. The molecule has 0 aromatic rings. The zero-order chi connectivity index (χ0) is 0. The number of hydrogen-bond donors (Lipinski definition) is 0. The molecule has 12 valence electrons. The summed E-state index contributed by atoms with van der Waals surface area (Å²) in [6.07, 6.45) is 0. The Morgan fingerprint density at radius 2 is 0.400 bits per heavy atom. The molecule has 0 bridgehead atoms. The van der Waals surface area contributed by atoms with Crippen LogP contribution in [0, 0.1) is 0 Å². The first-order valence-electron chi connectivity index (χ1n) is 0. The van der Waals surface area contributed by atoms with E-state index in [2.05, 4.69) is 0 Å². The fourth-order valence-electron chi connectivity index (χ4n) is 0. The van der Waals surface area contributed by atoms with Crippen molar-refractivity contribution in [2.75, 3.05) is 0 Å². The Labute approximate surface area is 137 Å². The van der Waals surface area contributed by atoms with Gasteiger partial charge in [-0.15, -0.1) is 0 Å². The van der Waals surface area contributed by atoms with E-state index in [1.807, 2.05) is 0 Å². The second kappa shape index (κ2) is 23.3. The number of hydrogen-bond acceptors (Lipinski definition) is 0. The van der Waals surface area contributed by atoms with Crippen molar-refractivity contribution < 1.29 is 0 Å². The second-order valence-electron chi connectivity index (χ2n) is 0. The Balaban J connectivity index is 0. The van der Waals surface area contributed by atoms with Crippen LogP contribution >= 0.6 is 0 Å². The first kappa shape index (κ1) is 33.0. The summed E-state index contributed by atoms with van der Waals surface area (Å²) in [5.41, 5.74) is 0. The monoisotopic (exact) mass is 122 g/mol. The van der Waals surface area contributed by atoms with Crippen molar-refractivity contribution in [1.29, 1.82) is 0 Å². The van der Waals surface area contributed by atoms with Crippen LogP contribution in [0.25, 0.3) is 0 Å². The van der Waals surface area contributed by atoms with E-state index in [1.165, 1.54) is 0 Å². The quantitative estimate of drug-likeness (QED) is 0.292. The second-order valence-corrected chi connectivity index (χ2v) is 0. The average molecular weight is 122 g/mol. The van der Waals surface area contributed by atoms with E-state index in [0.29, 0.717) is 0 Å². The first-order chi connectivity index (χ1) is 0. The van der Waals surface area contributed by atoms with Crippen LogP contribution in [0.4, 0.5) is 0 Å². The molecule has 0 saturated carbocycles. The molecule has 0 saturated heterocycles. The molecule has 0 aliphatic heterocycles. The van der Waals surface area contributed by atoms with Gasteiger partial charge in [-0.3, -0.25) is 0 Å². The van der Waals surface area contributed by atoms with E-state index in [9.17, 15) is 0 Å². The molecular formula is H6MgNa4. The molecule has 0 aliphatic carbocycles. The van der Waals surface area contributed by atoms with E-state index in [0.717, 1.165) is 0 Å². The van der Waals surface area contributed by atoms with Crippen molar-refractivity contribution >= 4 is 141 Å². The van der Waals surface area contributed by atoms with Gasteiger partial charge in [-0.2, -0.15) is 0 Å². The predicted octanol–water partition coefficient (Wildman–Crippen LogP) is -3.51. The zero-order valence-corrected chi connectivity index (χ0v) is 0. The standard InChI is InChI=1S/Mg.4Na.6H. The summed E-state index contributed by atoms with van der Waals surface area (Å²) in [5, 5.41) is 0. The molecule has 0 nitrogen and oxygen atoms in total. The topological polar surface area (TPSA) is 0 Å². The van der Waals surface area contributed by atoms with Gasteiger partial charge in [0.25, 0.3) is 0 Å². The van der Waals surface area contributed by atoms with Gasteiger partial charge in [-0.25, -0.2) is 0 Å². The van der Waals surface area contributed by atoms with Crippen LogP contribution in [0.1, 0.15) is 0 Å². The molecule has 0 spiro atoms. The molecule has 0 aromatic carbocycles. The summed E-state index contributed by atoms with van der Waals surface area (Å²) >= 11 is 0. The van der Waals surface area contributed by atoms with E-state index in [4.69, 9.17) is 0 Å². The molecule has 0 aliphatic rings. The molecule has 0 aromatic heterocycles. The normalized spacial score (nSPS) is 0. The van der Waals surface area contributed by atoms with E-state index >= 15 is 0 Å². The van der Waals surface area contributed by atoms with Gasteiger partial charge in [-0.1, -0.05) is 0 Å². The Kier molecular flexibility index (Phi) is 154. The van der Waals surface area contributed by atoms with Crippen molar-refractivity contribution in [2.24, 2.45) is 0 Å². The van der Waals surface area contributed by atoms with Gasteiger partial charge < -0.3 is 0 Å². The zero-order valence-electron chi connectivity index (χ0n) is 0. The van der Waals surface area contributed by atoms with Gasteiger partial charge in [0.2, 0.25) is 0 Å². The van der Waals surface area contributed by atoms with Gasteiger partial charge in [0.1, 0.15) is 0 Å². The van der Waals surface area contributed by atoms with E-state index in [-0.39, 0.29) is 141 Å². The molecule has 0 rings (SSSR count). The maximum absolute atomic E-state index is 0. The molecule has 0 unspecified atom stereocenters. The molecule has 0 N–H and O–H groups in total. The van der Waals surface area contributed by atoms with Crippen LogP contribution < -0.4 is 0 Å². The molecule has 5 heteroatoms. The minimum absolute atomic E-state index is 0. The summed E-state index contributed by atoms with van der Waals surface area (Å²) in [6, 6.07) is 0. The third-order valence-electron chi connectivity index (χ3n) is 0. The fourth-order valence-corrected chi connectivity index (χ4v) is 0. The summed E-state index contributed by atoms with van der Waals surface area (Å²) in [7, 11) is 0. The third-order valence-corrected chi connectivity index (χ3v) is 0. The Bertz CT molecular complexity index is 3.61. The van der Waals surface area contributed by atoms with Crippen molar-refractivity contribution in [1.82, 2.24) is 0 Å². The van der Waals surface area contributed by atoms with Crippen LogP contribution in [0.3, 0.4) is 0 Å².